The SMILES string of the molecule is Nc1n[nH]c(N)c1/N=N/c1ccc(Cc2nc3c(Cl)c(Cl)ccc3[nH]c2=O)cc1. The van der Waals surface area contributed by atoms with Crippen molar-refractivity contribution in [3.8, 4) is 0 Å². The van der Waals surface area contributed by atoms with E-state index in [1.165, 1.54) is 0 Å². The van der Waals surface area contributed by atoms with Crippen molar-refractivity contribution >= 4 is 57.2 Å². The fourth-order valence-electron chi connectivity index (χ4n) is 2.70. The fraction of sp³-hybridized carbons (Fsp3) is 0.0556. The van der Waals surface area contributed by atoms with Gasteiger partial charge in [0.25, 0.3) is 5.56 Å². The first kappa shape index (κ1) is 18.9. The largest absolute Gasteiger partial charge is 0.382 e. The molecule has 2 aromatic heterocycles. The molecule has 29 heavy (non-hydrogen) atoms. The Balaban J connectivity index is 1.58. The second-order valence-corrected chi connectivity index (χ2v) is 6.97. The molecule has 0 saturated carbocycles. The third kappa shape index (κ3) is 3.78. The Morgan fingerprint density at radius 2 is 1.79 bits per heavy atom. The minimum atomic E-state index is -0.287. The highest BCUT2D eigenvalue weighted by Crippen LogP contribution is 2.29. The summed E-state index contributed by atoms with van der Waals surface area (Å²) in [6.07, 6.45) is 0.313. The second-order valence-electron chi connectivity index (χ2n) is 6.18. The number of nitrogens with two attached hydrogens (primary N) is 2. The number of azo groups is 1. The molecule has 0 bridgehead atoms. The zero-order valence-corrected chi connectivity index (χ0v) is 16.3. The Hall–Kier alpha value is -3.43. The Morgan fingerprint density at radius 1 is 1.03 bits per heavy atom. The summed E-state index contributed by atoms with van der Waals surface area (Å²) in [7, 11) is 0. The number of nitrogens with one attached hydrogen (secondary N) is 2. The number of anilines is 2. The highest BCUT2D eigenvalue weighted by molar-refractivity contribution is 6.44. The van der Waals surface area contributed by atoms with Crippen LogP contribution >= 0.6 is 23.2 Å². The Labute approximate surface area is 173 Å². The average molecular weight is 429 g/mol. The van der Waals surface area contributed by atoms with Crippen LogP contribution in [0, 0.1) is 0 Å². The molecule has 0 aliphatic carbocycles. The van der Waals surface area contributed by atoms with Gasteiger partial charge in [0.1, 0.15) is 17.0 Å². The number of aromatic nitrogens is 4. The maximum atomic E-state index is 12.3. The van der Waals surface area contributed by atoms with Crippen LogP contribution in [0.5, 0.6) is 0 Å². The summed E-state index contributed by atoms with van der Waals surface area (Å²) in [4.78, 5) is 19.5. The van der Waals surface area contributed by atoms with Crippen molar-refractivity contribution < 1.29 is 0 Å². The van der Waals surface area contributed by atoms with Crippen LogP contribution in [0.3, 0.4) is 0 Å². The molecular formula is C18H14Cl2N8O. The zero-order chi connectivity index (χ0) is 20.5. The number of H-pyrrole nitrogens is 2. The number of fused-ring (bicyclic) bond motifs is 1. The van der Waals surface area contributed by atoms with Crippen LogP contribution in [0.15, 0.2) is 51.4 Å². The van der Waals surface area contributed by atoms with Crippen LogP contribution in [0.1, 0.15) is 11.3 Å². The van der Waals surface area contributed by atoms with Gasteiger partial charge in [-0.25, -0.2) is 4.98 Å². The zero-order valence-electron chi connectivity index (χ0n) is 14.8. The predicted molar refractivity (Wildman–Crippen MR) is 113 cm³/mol. The maximum absolute atomic E-state index is 12.3. The van der Waals surface area contributed by atoms with Crippen LogP contribution in [-0.2, 0) is 6.42 Å². The monoisotopic (exact) mass is 428 g/mol. The number of halogens is 2. The molecular weight excluding hydrogens is 415 g/mol. The summed E-state index contributed by atoms with van der Waals surface area (Å²) in [6.45, 7) is 0. The smallest absolute Gasteiger partial charge is 0.270 e. The predicted octanol–water partition coefficient (Wildman–Crippen LogP) is 4.12. The molecule has 0 aliphatic rings. The van der Waals surface area contributed by atoms with Gasteiger partial charge < -0.3 is 16.5 Å². The van der Waals surface area contributed by atoms with Crippen molar-refractivity contribution in [1.29, 1.82) is 0 Å². The molecule has 0 atom stereocenters. The fourth-order valence-corrected chi connectivity index (χ4v) is 3.06. The summed E-state index contributed by atoms with van der Waals surface area (Å²) in [5.74, 6) is 0.409. The molecule has 2 aromatic carbocycles. The van der Waals surface area contributed by atoms with Crippen LogP contribution < -0.4 is 17.0 Å². The van der Waals surface area contributed by atoms with E-state index in [9.17, 15) is 4.79 Å². The van der Waals surface area contributed by atoms with E-state index in [2.05, 4.69) is 30.4 Å². The topological polar surface area (TPSA) is 151 Å². The van der Waals surface area contributed by atoms with Crippen molar-refractivity contribution in [3.05, 3.63) is 68.1 Å². The Kier molecular flexibility index (Phi) is 4.91. The normalized spacial score (nSPS) is 11.5. The van der Waals surface area contributed by atoms with Gasteiger partial charge in [-0.2, -0.15) is 10.2 Å². The molecule has 0 spiro atoms. The van der Waals surface area contributed by atoms with E-state index in [1.54, 1.807) is 24.3 Å². The first-order chi connectivity index (χ1) is 13.9. The van der Waals surface area contributed by atoms with E-state index < -0.39 is 0 Å². The van der Waals surface area contributed by atoms with Gasteiger partial charge >= 0.3 is 0 Å². The summed E-state index contributed by atoms with van der Waals surface area (Å²) < 4.78 is 0. The Bertz CT molecular complexity index is 1270. The van der Waals surface area contributed by atoms with E-state index in [0.717, 1.165) is 5.56 Å². The third-order valence-electron chi connectivity index (χ3n) is 4.19. The van der Waals surface area contributed by atoms with Gasteiger partial charge in [0.2, 0.25) is 0 Å². The van der Waals surface area contributed by atoms with Crippen LogP contribution in [0.4, 0.5) is 23.0 Å². The van der Waals surface area contributed by atoms with Crippen molar-refractivity contribution in [3.63, 3.8) is 0 Å². The van der Waals surface area contributed by atoms with Gasteiger partial charge in [-0.05, 0) is 29.8 Å². The van der Waals surface area contributed by atoms with E-state index in [0.29, 0.717) is 38.9 Å². The van der Waals surface area contributed by atoms with E-state index in [4.69, 9.17) is 34.7 Å². The highest BCUT2D eigenvalue weighted by Gasteiger charge is 2.11. The summed E-state index contributed by atoms with van der Waals surface area (Å²) in [6, 6.07) is 10.4. The lowest BCUT2D eigenvalue weighted by Crippen LogP contribution is -2.15. The molecule has 6 N–H and O–H groups in total. The molecule has 0 saturated heterocycles. The highest BCUT2D eigenvalue weighted by atomic mass is 35.5. The molecule has 4 rings (SSSR count). The molecule has 0 radical (unpaired) electrons. The molecule has 11 heteroatoms. The number of rotatable bonds is 4. The van der Waals surface area contributed by atoms with Gasteiger partial charge in [0.15, 0.2) is 11.5 Å². The first-order valence-electron chi connectivity index (χ1n) is 8.39. The Morgan fingerprint density at radius 3 is 2.48 bits per heavy atom. The van der Waals surface area contributed by atoms with Crippen LogP contribution in [0.25, 0.3) is 11.0 Å². The molecule has 0 unspecified atom stereocenters. The maximum Gasteiger partial charge on any atom is 0.270 e. The van der Waals surface area contributed by atoms with Gasteiger partial charge in [0.05, 0.1) is 21.2 Å². The molecule has 2 heterocycles. The molecule has 9 nitrogen and oxygen atoms in total. The van der Waals surface area contributed by atoms with Crippen LogP contribution in [0.2, 0.25) is 10.0 Å². The number of nitrogen functional groups attached to an aromatic ring is 2. The number of hydrogen-bond acceptors (Lipinski definition) is 7. The summed E-state index contributed by atoms with van der Waals surface area (Å²) >= 11 is 12.2. The second kappa shape index (κ2) is 7.53. The molecule has 0 aliphatic heterocycles. The molecule has 4 aromatic rings. The minimum absolute atomic E-state index is 0.170. The molecule has 0 amide bonds. The lowest BCUT2D eigenvalue weighted by atomic mass is 10.1. The van der Waals surface area contributed by atoms with E-state index in [-0.39, 0.29) is 22.9 Å². The van der Waals surface area contributed by atoms with Crippen molar-refractivity contribution in [1.82, 2.24) is 20.2 Å². The third-order valence-corrected chi connectivity index (χ3v) is 4.99. The van der Waals surface area contributed by atoms with Gasteiger partial charge in [-0.3, -0.25) is 9.89 Å². The summed E-state index contributed by atoms with van der Waals surface area (Å²) in [5.41, 5.74) is 14.1. The van der Waals surface area contributed by atoms with Crippen molar-refractivity contribution in [2.45, 2.75) is 6.42 Å². The average Bonchev–Trinajstić information content (AvgIpc) is 3.03. The van der Waals surface area contributed by atoms with Crippen molar-refractivity contribution in [2.24, 2.45) is 10.2 Å². The van der Waals surface area contributed by atoms with E-state index in [1.807, 2.05) is 12.1 Å². The van der Waals surface area contributed by atoms with Crippen LogP contribution in [-0.4, -0.2) is 20.2 Å². The number of nitrogens with zero attached hydrogens (tertiary/aromatic N) is 4. The quantitative estimate of drug-likeness (QED) is 0.360. The van der Waals surface area contributed by atoms with E-state index >= 15 is 0 Å². The summed E-state index contributed by atoms with van der Waals surface area (Å²) in [5, 5.41) is 15.0. The number of aromatic amines is 2. The lowest BCUT2D eigenvalue weighted by Gasteiger charge is -2.05. The van der Waals surface area contributed by atoms with Gasteiger partial charge in [0, 0.05) is 6.42 Å². The number of benzene rings is 2. The minimum Gasteiger partial charge on any atom is -0.382 e. The number of hydrogen-bond donors (Lipinski definition) is 4. The van der Waals surface area contributed by atoms with Crippen molar-refractivity contribution in [2.75, 3.05) is 11.5 Å². The molecule has 0 fully saturated rings. The van der Waals surface area contributed by atoms with Gasteiger partial charge in [-0.1, -0.05) is 35.3 Å². The lowest BCUT2D eigenvalue weighted by molar-refractivity contribution is 1.03. The first-order valence-corrected chi connectivity index (χ1v) is 9.15. The standard InChI is InChI=1S/C18H14Cl2N8O/c19-10-5-6-11-14(13(10)20)23-12(18(29)24-11)7-8-1-3-9(4-2-8)25-26-15-16(21)27-28-17(15)22/h1-6H,7H2,(H,24,29)(H5,21,22,27,28)/b26-25+. The van der Waals surface area contributed by atoms with Gasteiger partial charge in [-0.15, -0.1) is 5.11 Å². The molecule has 146 valence electrons.